The largest absolute Gasteiger partial charge is 0.311 e. The van der Waals surface area contributed by atoms with Gasteiger partial charge >= 0.3 is 0 Å². The van der Waals surface area contributed by atoms with Gasteiger partial charge in [0.2, 0.25) is 0 Å². The number of aryl methyl sites for hydroxylation is 1. The van der Waals surface area contributed by atoms with Gasteiger partial charge in [-0.1, -0.05) is 24.3 Å². The van der Waals surface area contributed by atoms with Gasteiger partial charge in [-0.05, 0) is 31.5 Å². The molecule has 104 valence electrons. The van der Waals surface area contributed by atoms with E-state index in [-0.39, 0.29) is 10.6 Å². The molecular formula is C15H17N3O2. The molecule has 0 bridgehead atoms. The fourth-order valence-electron chi connectivity index (χ4n) is 2.03. The van der Waals surface area contributed by atoms with Crippen LogP contribution in [-0.2, 0) is 13.0 Å². The van der Waals surface area contributed by atoms with Crippen LogP contribution in [0.5, 0.6) is 0 Å². The summed E-state index contributed by atoms with van der Waals surface area (Å²) in [7, 11) is 0. The molecule has 0 saturated heterocycles. The number of rotatable bonds is 6. The van der Waals surface area contributed by atoms with Crippen LogP contribution < -0.4 is 5.32 Å². The maximum absolute atomic E-state index is 10.9. The van der Waals surface area contributed by atoms with Gasteiger partial charge < -0.3 is 5.32 Å². The molecule has 0 aliphatic carbocycles. The highest BCUT2D eigenvalue weighted by molar-refractivity contribution is 5.39. The van der Waals surface area contributed by atoms with Crippen LogP contribution in [0.2, 0.25) is 0 Å². The van der Waals surface area contributed by atoms with Crippen molar-refractivity contribution < 1.29 is 4.92 Å². The quantitative estimate of drug-likeness (QED) is 0.498. The molecule has 0 fully saturated rings. The molecule has 2 aromatic rings. The fraction of sp³-hybridized carbons (Fsp3) is 0.267. The highest BCUT2D eigenvalue weighted by atomic mass is 16.6. The zero-order valence-corrected chi connectivity index (χ0v) is 11.4. The van der Waals surface area contributed by atoms with E-state index in [4.69, 9.17) is 0 Å². The second-order valence-corrected chi connectivity index (χ2v) is 4.58. The third-order valence-electron chi connectivity index (χ3n) is 3.17. The second-order valence-electron chi connectivity index (χ2n) is 4.58. The van der Waals surface area contributed by atoms with Gasteiger partial charge in [0.25, 0.3) is 5.69 Å². The van der Waals surface area contributed by atoms with Crippen LogP contribution in [-0.4, -0.2) is 16.5 Å². The van der Waals surface area contributed by atoms with Crippen molar-refractivity contribution in [3.05, 3.63) is 69.5 Å². The topological polar surface area (TPSA) is 68.1 Å². The molecule has 1 N–H and O–H groups in total. The average molecular weight is 271 g/mol. The van der Waals surface area contributed by atoms with E-state index < -0.39 is 0 Å². The van der Waals surface area contributed by atoms with E-state index in [1.807, 2.05) is 25.1 Å². The molecular weight excluding hydrogens is 254 g/mol. The molecule has 0 radical (unpaired) electrons. The lowest BCUT2D eigenvalue weighted by Gasteiger charge is -2.07. The number of hydrogen-bond acceptors (Lipinski definition) is 4. The van der Waals surface area contributed by atoms with E-state index in [0.717, 1.165) is 16.8 Å². The summed E-state index contributed by atoms with van der Waals surface area (Å²) in [5.74, 6) is 0. The summed E-state index contributed by atoms with van der Waals surface area (Å²) < 4.78 is 0. The molecule has 0 aliphatic heterocycles. The summed E-state index contributed by atoms with van der Waals surface area (Å²) in [4.78, 5) is 14.9. The van der Waals surface area contributed by atoms with Crippen molar-refractivity contribution in [2.75, 3.05) is 6.54 Å². The number of hydrogen-bond donors (Lipinski definition) is 1. The Balaban J connectivity index is 1.88. The van der Waals surface area contributed by atoms with E-state index in [0.29, 0.717) is 19.5 Å². The van der Waals surface area contributed by atoms with Crippen molar-refractivity contribution >= 4 is 5.69 Å². The van der Waals surface area contributed by atoms with E-state index in [1.165, 1.54) is 6.07 Å². The predicted octanol–water partition coefficient (Wildman–Crippen LogP) is 2.63. The molecule has 0 amide bonds. The summed E-state index contributed by atoms with van der Waals surface area (Å²) in [5, 5.41) is 14.2. The highest BCUT2D eigenvalue weighted by Gasteiger charge is 2.11. The van der Waals surface area contributed by atoms with Crippen molar-refractivity contribution in [3.8, 4) is 0 Å². The van der Waals surface area contributed by atoms with Crippen LogP contribution in [0.3, 0.4) is 0 Å². The average Bonchev–Trinajstić information content (AvgIpc) is 2.45. The van der Waals surface area contributed by atoms with Gasteiger partial charge in [0, 0.05) is 24.4 Å². The van der Waals surface area contributed by atoms with Gasteiger partial charge in [-0.2, -0.15) is 0 Å². The van der Waals surface area contributed by atoms with Crippen LogP contribution in [0, 0.1) is 17.0 Å². The number of aromatic nitrogens is 1. The Morgan fingerprint density at radius 1 is 1.25 bits per heavy atom. The van der Waals surface area contributed by atoms with Crippen molar-refractivity contribution in [1.82, 2.24) is 10.3 Å². The minimum Gasteiger partial charge on any atom is -0.311 e. The number of pyridine rings is 1. The van der Waals surface area contributed by atoms with Crippen molar-refractivity contribution in [2.45, 2.75) is 19.9 Å². The van der Waals surface area contributed by atoms with E-state index in [2.05, 4.69) is 10.3 Å². The zero-order chi connectivity index (χ0) is 14.4. The molecule has 1 heterocycles. The molecule has 0 aliphatic rings. The van der Waals surface area contributed by atoms with Gasteiger partial charge in [-0.3, -0.25) is 15.1 Å². The molecule has 5 nitrogen and oxygen atoms in total. The van der Waals surface area contributed by atoms with Crippen LogP contribution in [0.1, 0.15) is 16.8 Å². The number of nitrogens with zero attached hydrogens (tertiary/aromatic N) is 2. The lowest BCUT2D eigenvalue weighted by atomic mass is 10.1. The Kier molecular flexibility index (Phi) is 4.79. The van der Waals surface area contributed by atoms with Crippen LogP contribution in [0.25, 0.3) is 0 Å². The molecule has 0 unspecified atom stereocenters. The summed E-state index contributed by atoms with van der Waals surface area (Å²) in [6.07, 6.45) is 2.40. The Hall–Kier alpha value is -2.27. The number of nitro groups is 1. The number of benzene rings is 1. The normalized spacial score (nSPS) is 10.4. The first-order valence-electron chi connectivity index (χ1n) is 6.52. The van der Waals surface area contributed by atoms with Crippen LogP contribution >= 0.6 is 0 Å². The van der Waals surface area contributed by atoms with Gasteiger partial charge in [0.15, 0.2) is 0 Å². The third kappa shape index (κ3) is 3.61. The Morgan fingerprint density at radius 3 is 2.80 bits per heavy atom. The predicted molar refractivity (Wildman–Crippen MR) is 77.5 cm³/mol. The maximum Gasteiger partial charge on any atom is 0.272 e. The summed E-state index contributed by atoms with van der Waals surface area (Å²) in [5.41, 5.74) is 3.09. The molecule has 1 aromatic carbocycles. The van der Waals surface area contributed by atoms with Gasteiger partial charge in [-0.15, -0.1) is 0 Å². The second kappa shape index (κ2) is 6.77. The molecule has 2 rings (SSSR count). The van der Waals surface area contributed by atoms with Crippen molar-refractivity contribution in [1.29, 1.82) is 0 Å². The Labute approximate surface area is 117 Å². The third-order valence-corrected chi connectivity index (χ3v) is 3.17. The zero-order valence-electron chi connectivity index (χ0n) is 11.4. The molecule has 1 aromatic heterocycles. The Morgan fingerprint density at radius 2 is 2.05 bits per heavy atom. The smallest absolute Gasteiger partial charge is 0.272 e. The van der Waals surface area contributed by atoms with Gasteiger partial charge in [0.1, 0.15) is 0 Å². The van der Waals surface area contributed by atoms with Gasteiger partial charge in [-0.25, -0.2) is 0 Å². The molecule has 0 saturated carbocycles. The number of para-hydroxylation sites is 1. The molecule has 0 atom stereocenters. The molecule has 20 heavy (non-hydrogen) atoms. The molecule has 0 spiro atoms. The minimum atomic E-state index is -0.335. The lowest BCUT2D eigenvalue weighted by Crippen LogP contribution is -2.18. The number of nitrogens with one attached hydrogen (secondary N) is 1. The van der Waals surface area contributed by atoms with Crippen LogP contribution in [0.4, 0.5) is 5.69 Å². The van der Waals surface area contributed by atoms with Crippen molar-refractivity contribution in [3.63, 3.8) is 0 Å². The lowest BCUT2D eigenvalue weighted by molar-refractivity contribution is -0.385. The minimum absolute atomic E-state index is 0.184. The summed E-state index contributed by atoms with van der Waals surface area (Å²) in [6, 6.07) is 10.8. The fourth-order valence-corrected chi connectivity index (χ4v) is 2.03. The summed E-state index contributed by atoms with van der Waals surface area (Å²) >= 11 is 0. The van der Waals surface area contributed by atoms with E-state index in [1.54, 1.807) is 18.3 Å². The first-order valence-corrected chi connectivity index (χ1v) is 6.52. The summed E-state index contributed by atoms with van der Waals surface area (Å²) in [6.45, 7) is 3.38. The monoisotopic (exact) mass is 271 g/mol. The molecule has 5 heteroatoms. The maximum atomic E-state index is 10.9. The number of nitro benzene ring substituents is 1. The van der Waals surface area contributed by atoms with Gasteiger partial charge in [0.05, 0.1) is 10.6 Å². The standard InChI is InChI=1S/C15H17N3O2/c1-12-5-4-9-17-14(12)11-16-10-8-13-6-2-3-7-15(13)18(19)20/h2-7,9,16H,8,10-11H2,1H3. The first-order chi connectivity index (χ1) is 9.68. The van der Waals surface area contributed by atoms with Crippen molar-refractivity contribution in [2.24, 2.45) is 0 Å². The first kappa shape index (κ1) is 14.1. The van der Waals surface area contributed by atoms with E-state index in [9.17, 15) is 10.1 Å². The van der Waals surface area contributed by atoms with E-state index >= 15 is 0 Å². The Bertz CT molecular complexity index is 599. The SMILES string of the molecule is Cc1cccnc1CNCCc1ccccc1[N+](=O)[O-]. The van der Waals surface area contributed by atoms with Crippen LogP contribution in [0.15, 0.2) is 42.6 Å². The highest BCUT2D eigenvalue weighted by Crippen LogP contribution is 2.17.